The van der Waals surface area contributed by atoms with Crippen molar-refractivity contribution in [1.29, 1.82) is 0 Å². The number of nitrogens with zero attached hydrogens (tertiary/aromatic N) is 3. The molecule has 0 amide bonds. The SMILES string of the molecule is CC(C(=O)O)c1cnc2n[nH]nc2c1. The number of aromatic amines is 1. The predicted molar refractivity (Wildman–Crippen MR) is 47.7 cm³/mol. The summed E-state index contributed by atoms with van der Waals surface area (Å²) in [6.45, 7) is 1.60. The first-order chi connectivity index (χ1) is 6.68. The van der Waals surface area contributed by atoms with Crippen molar-refractivity contribution >= 4 is 17.1 Å². The van der Waals surface area contributed by atoms with E-state index in [9.17, 15) is 4.79 Å². The van der Waals surface area contributed by atoms with Crippen LogP contribution in [-0.2, 0) is 4.79 Å². The predicted octanol–water partition coefficient (Wildman–Crippen LogP) is 0.541. The summed E-state index contributed by atoms with van der Waals surface area (Å²) in [5.74, 6) is -1.46. The zero-order valence-electron chi connectivity index (χ0n) is 7.43. The van der Waals surface area contributed by atoms with Crippen molar-refractivity contribution in [2.24, 2.45) is 0 Å². The third kappa shape index (κ3) is 1.30. The van der Waals surface area contributed by atoms with Gasteiger partial charge in [-0.05, 0) is 18.6 Å². The van der Waals surface area contributed by atoms with E-state index >= 15 is 0 Å². The van der Waals surface area contributed by atoms with Crippen molar-refractivity contribution in [3.05, 3.63) is 17.8 Å². The summed E-state index contributed by atoms with van der Waals surface area (Å²) in [6, 6.07) is 1.67. The van der Waals surface area contributed by atoms with Gasteiger partial charge >= 0.3 is 5.97 Å². The Morgan fingerprint density at radius 3 is 3.07 bits per heavy atom. The van der Waals surface area contributed by atoms with E-state index in [2.05, 4.69) is 20.4 Å². The second kappa shape index (κ2) is 3.06. The van der Waals surface area contributed by atoms with Crippen LogP contribution in [0.5, 0.6) is 0 Å². The second-order valence-electron chi connectivity index (χ2n) is 2.99. The Morgan fingerprint density at radius 1 is 1.57 bits per heavy atom. The minimum Gasteiger partial charge on any atom is -0.481 e. The Balaban J connectivity index is 2.48. The topological polar surface area (TPSA) is 91.8 Å². The van der Waals surface area contributed by atoms with Crippen molar-refractivity contribution in [3.63, 3.8) is 0 Å². The van der Waals surface area contributed by atoms with E-state index in [1.807, 2.05) is 0 Å². The number of aliphatic carboxylic acids is 1. The Hall–Kier alpha value is -1.98. The molecule has 2 aromatic heterocycles. The van der Waals surface area contributed by atoms with Crippen LogP contribution in [0.25, 0.3) is 11.2 Å². The maximum Gasteiger partial charge on any atom is 0.310 e. The van der Waals surface area contributed by atoms with Gasteiger partial charge in [-0.15, -0.1) is 5.10 Å². The highest BCUT2D eigenvalue weighted by Gasteiger charge is 2.15. The van der Waals surface area contributed by atoms with Gasteiger partial charge in [0.1, 0.15) is 5.52 Å². The Morgan fingerprint density at radius 2 is 2.36 bits per heavy atom. The van der Waals surface area contributed by atoms with Gasteiger partial charge in [-0.25, -0.2) is 4.98 Å². The molecule has 0 aliphatic rings. The van der Waals surface area contributed by atoms with Gasteiger partial charge in [0.25, 0.3) is 0 Å². The molecule has 1 unspecified atom stereocenters. The Kier molecular flexibility index (Phi) is 1.88. The minimum absolute atomic E-state index is 0.492. The number of fused-ring (bicyclic) bond motifs is 1. The normalized spacial score (nSPS) is 12.9. The number of aromatic nitrogens is 4. The van der Waals surface area contributed by atoms with Gasteiger partial charge in [-0.3, -0.25) is 4.79 Å². The molecule has 0 aromatic carbocycles. The molecule has 6 heteroatoms. The highest BCUT2D eigenvalue weighted by Crippen LogP contribution is 2.16. The van der Waals surface area contributed by atoms with Crippen LogP contribution in [-0.4, -0.2) is 31.5 Å². The largest absolute Gasteiger partial charge is 0.481 e. The van der Waals surface area contributed by atoms with Gasteiger partial charge in [0.05, 0.1) is 5.92 Å². The van der Waals surface area contributed by atoms with Crippen molar-refractivity contribution < 1.29 is 9.90 Å². The molecule has 0 fully saturated rings. The number of hydrogen-bond donors (Lipinski definition) is 2. The van der Waals surface area contributed by atoms with Crippen LogP contribution in [0.15, 0.2) is 12.3 Å². The number of rotatable bonds is 2. The van der Waals surface area contributed by atoms with Crippen LogP contribution in [0, 0.1) is 0 Å². The Labute approximate surface area is 79.0 Å². The van der Waals surface area contributed by atoms with Gasteiger partial charge in [0.15, 0.2) is 0 Å². The van der Waals surface area contributed by atoms with Crippen LogP contribution in [0.4, 0.5) is 0 Å². The first-order valence-electron chi connectivity index (χ1n) is 4.07. The van der Waals surface area contributed by atoms with E-state index in [1.165, 1.54) is 6.20 Å². The highest BCUT2D eigenvalue weighted by atomic mass is 16.4. The third-order valence-corrected chi connectivity index (χ3v) is 2.07. The molecule has 2 heterocycles. The van der Waals surface area contributed by atoms with Crippen molar-refractivity contribution in [1.82, 2.24) is 20.4 Å². The monoisotopic (exact) mass is 192 g/mol. The number of carboxylic acid groups (broad SMARTS) is 1. The third-order valence-electron chi connectivity index (χ3n) is 2.07. The molecule has 72 valence electrons. The van der Waals surface area contributed by atoms with Gasteiger partial charge < -0.3 is 5.11 Å². The number of carbonyl (C=O) groups is 1. The van der Waals surface area contributed by atoms with Crippen LogP contribution in [0.3, 0.4) is 0 Å². The summed E-state index contributed by atoms with van der Waals surface area (Å²) in [5.41, 5.74) is 1.70. The lowest BCUT2D eigenvalue weighted by molar-refractivity contribution is -0.138. The zero-order chi connectivity index (χ0) is 10.1. The molecule has 0 radical (unpaired) electrons. The van der Waals surface area contributed by atoms with E-state index in [0.717, 1.165) is 0 Å². The molecule has 1 atom stereocenters. The zero-order valence-corrected chi connectivity index (χ0v) is 7.43. The lowest BCUT2D eigenvalue weighted by atomic mass is 10.0. The molecule has 2 rings (SSSR count). The van der Waals surface area contributed by atoms with Crippen LogP contribution >= 0.6 is 0 Å². The van der Waals surface area contributed by atoms with Gasteiger partial charge in [-0.1, -0.05) is 0 Å². The smallest absolute Gasteiger partial charge is 0.310 e. The summed E-state index contributed by atoms with van der Waals surface area (Å²) in [7, 11) is 0. The molecule has 0 bridgehead atoms. The summed E-state index contributed by atoms with van der Waals surface area (Å²) in [6.07, 6.45) is 1.50. The van der Waals surface area contributed by atoms with E-state index in [1.54, 1.807) is 13.0 Å². The number of pyridine rings is 1. The Bertz CT molecular complexity index is 479. The number of H-pyrrole nitrogens is 1. The second-order valence-corrected chi connectivity index (χ2v) is 2.99. The van der Waals surface area contributed by atoms with E-state index in [-0.39, 0.29) is 0 Å². The summed E-state index contributed by atoms with van der Waals surface area (Å²) in [4.78, 5) is 14.7. The standard InChI is InChI=1S/C8H8N4O2/c1-4(8(13)14)5-2-6-7(9-3-5)11-12-10-6/h2-4H,1H3,(H,13,14)(H,9,10,11,12). The molecule has 2 N–H and O–H groups in total. The highest BCUT2D eigenvalue weighted by molar-refractivity contribution is 5.78. The molecule has 0 aliphatic carbocycles. The molecular formula is C8H8N4O2. The van der Waals surface area contributed by atoms with Gasteiger partial charge in [-0.2, -0.15) is 10.3 Å². The van der Waals surface area contributed by atoms with Gasteiger partial charge in [0.2, 0.25) is 5.65 Å². The maximum absolute atomic E-state index is 10.7. The summed E-state index contributed by atoms with van der Waals surface area (Å²) in [5, 5.41) is 18.8. The van der Waals surface area contributed by atoms with Crippen molar-refractivity contribution in [3.8, 4) is 0 Å². The van der Waals surface area contributed by atoms with E-state index < -0.39 is 11.9 Å². The molecular weight excluding hydrogens is 184 g/mol. The molecule has 2 aromatic rings. The molecule has 14 heavy (non-hydrogen) atoms. The summed E-state index contributed by atoms with van der Waals surface area (Å²) < 4.78 is 0. The molecule has 0 saturated carbocycles. The van der Waals surface area contributed by atoms with Gasteiger partial charge in [0, 0.05) is 6.20 Å². The first-order valence-corrected chi connectivity index (χ1v) is 4.07. The fourth-order valence-electron chi connectivity index (χ4n) is 1.14. The first kappa shape index (κ1) is 8.61. The number of nitrogens with one attached hydrogen (secondary N) is 1. The quantitative estimate of drug-likeness (QED) is 0.724. The van der Waals surface area contributed by atoms with Crippen LogP contribution in [0.1, 0.15) is 18.4 Å². The fraction of sp³-hybridized carbons (Fsp3) is 0.250. The summed E-state index contributed by atoms with van der Waals surface area (Å²) >= 11 is 0. The minimum atomic E-state index is -0.880. The number of carboxylic acids is 1. The number of hydrogen-bond acceptors (Lipinski definition) is 4. The van der Waals surface area contributed by atoms with E-state index in [4.69, 9.17) is 5.11 Å². The average molecular weight is 192 g/mol. The van der Waals surface area contributed by atoms with Crippen LogP contribution < -0.4 is 0 Å². The molecule has 0 spiro atoms. The van der Waals surface area contributed by atoms with E-state index in [0.29, 0.717) is 16.7 Å². The lowest BCUT2D eigenvalue weighted by Crippen LogP contribution is -2.07. The fourth-order valence-corrected chi connectivity index (χ4v) is 1.14. The maximum atomic E-state index is 10.7. The molecule has 6 nitrogen and oxygen atoms in total. The molecule has 0 aliphatic heterocycles. The average Bonchev–Trinajstić information content (AvgIpc) is 2.62. The van der Waals surface area contributed by atoms with Crippen molar-refractivity contribution in [2.75, 3.05) is 0 Å². The lowest BCUT2D eigenvalue weighted by Gasteiger charge is -2.04. The van der Waals surface area contributed by atoms with Crippen molar-refractivity contribution in [2.45, 2.75) is 12.8 Å². The van der Waals surface area contributed by atoms with Crippen LogP contribution in [0.2, 0.25) is 0 Å². The molecule has 0 saturated heterocycles.